The van der Waals surface area contributed by atoms with Crippen LogP contribution in [0.15, 0.2) is 0 Å². The van der Waals surface area contributed by atoms with E-state index in [0.29, 0.717) is 5.78 Å². The Labute approximate surface area is 126 Å². The summed E-state index contributed by atoms with van der Waals surface area (Å²) in [6.45, 7) is 2.25. The number of rotatable bonds is 11. The van der Waals surface area contributed by atoms with E-state index in [4.69, 9.17) is 0 Å². The van der Waals surface area contributed by atoms with Crippen molar-refractivity contribution in [3.8, 4) is 0 Å². The number of nitrogens with one attached hydrogen (secondary N) is 1. The largest absolute Gasteiger partial charge is 0.314 e. The van der Waals surface area contributed by atoms with Crippen LogP contribution in [0.3, 0.4) is 0 Å². The second kappa shape index (κ2) is 10.4. The molecule has 0 aliphatic heterocycles. The Morgan fingerprint density at radius 3 is 2.15 bits per heavy atom. The minimum absolute atomic E-state index is 0.135. The molecule has 1 fully saturated rings. The molecule has 20 heavy (non-hydrogen) atoms. The molecule has 0 aromatic rings. The van der Waals surface area contributed by atoms with Crippen LogP contribution in [0.2, 0.25) is 0 Å². The van der Waals surface area contributed by atoms with E-state index in [2.05, 4.69) is 12.2 Å². The number of hydrogen-bond acceptors (Lipinski definition) is 2. The molecule has 0 heterocycles. The smallest absolute Gasteiger partial charge is 0.134 e. The van der Waals surface area contributed by atoms with Gasteiger partial charge < -0.3 is 5.32 Å². The van der Waals surface area contributed by atoms with Gasteiger partial charge in [-0.05, 0) is 26.3 Å². The fourth-order valence-corrected chi connectivity index (χ4v) is 3.49. The lowest BCUT2D eigenvalue weighted by Crippen LogP contribution is -2.46. The highest BCUT2D eigenvalue weighted by Crippen LogP contribution is 2.31. The molecule has 0 spiro atoms. The maximum absolute atomic E-state index is 12.2. The van der Waals surface area contributed by atoms with Crippen LogP contribution in [-0.4, -0.2) is 18.4 Å². The number of hydrogen-bond donors (Lipinski definition) is 1. The summed E-state index contributed by atoms with van der Waals surface area (Å²) in [5.41, 5.74) is 0.135. The summed E-state index contributed by atoms with van der Waals surface area (Å²) in [6.07, 6.45) is 16.9. The molecule has 0 bridgehead atoms. The van der Waals surface area contributed by atoms with Gasteiger partial charge in [0.2, 0.25) is 0 Å². The molecule has 0 radical (unpaired) electrons. The highest BCUT2D eigenvalue weighted by atomic mass is 16.1. The van der Waals surface area contributed by atoms with Crippen molar-refractivity contribution < 1.29 is 4.79 Å². The van der Waals surface area contributed by atoms with Gasteiger partial charge in [-0.3, -0.25) is 4.79 Å². The van der Waals surface area contributed by atoms with Gasteiger partial charge >= 0.3 is 0 Å². The zero-order chi connectivity index (χ0) is 14.7. The lowest BCUT2D eigenvalue weighted by atomic mass is 9.78. The highest BCUT2D eigenvalue weighted by Gasteiger charge is 2.31. The lowest BCUT2D eigenvalue weighted by molar-refractivity contribution is -0.121. The van der Waals surface area contributed by atoms with Crippen LogP contribution >= 0.6 is 0 Å². The third-order valence-corrected chi connectivity index (χ3v) is 4.94. The molecule has 2 heteroatoms. The average molecular weight is 281 g/mol. The zero-order valence-electron chi connectivity index (χ0n) is 13.8. The third-order valence-electron chi connectivity index (χ3n) is 4.94. The van der Waals surface area contributed by atoms with Crippen molar-refractivity contribution in [1.29, 1.82) is 0 Å². The average Bonchev–Trinajstić information content (AvgIpc) is 2.47. The number of Topliss-reactive ketones (excluding diaryl/α,β-unsaturated/α-hetero) is 1. The van der Waals surface area contributed by atoms with E-state index in [1.54, 1.807) is 0 Å². The first-order chi connectivity index (χ1) is 9.72. The van der Waals surface area contributed by atoms with Gasteiger partial charge in [-0.1, -0.05) is 64.7 Å². The second-order valence-electron chi connectivity index (χ2n) is 6.68. The highest BCUT2D eigenvalue weighted by molar-refractivity contribution is 5.79. The molecule has 118 valence electrons. The Morgan fingerprint density at radius 2 is 1.55 bits per heavy atom. The fraction of sp³-hybridized carbons (Fsp3) is 0.944. The van der Waals surface area contributed by atoms with Gasteiger partial charge in [0.15, 0.2) is 0 Å². The van der Waals surface area contributed by atoms with Crippen molar-refractivity contribution in [2.45, 2.75) is 102 Å². The number of carbonyl (C=O) groups is 1. The molecule has 1 rings (SSSR count). The van der Waals surface area contributed by atoms with E-state index in [1.807, 2.05) is 7.05 Å². The molecule has 0 aromatic heterocycles. The van der Waals surface area contributed by atoms with E-state index in [1.165, 1.54) is 70.6 Å². The van der Waals surface area contributed by atoms with Crippen LogP contribution in [-0.2, 0) is 4.79 Å². The van der Waals surface area contributed by atoms with E-state index >= 15 is 0 Å². The maximum Gasteiger partial charge on any atom is 0.134 e. The molecular formula is C18H35NO. The Bertz CT molecular complexity index is 256. The summed E-state index contributed by atoms with van der Waals surface area (Å²) < 4.78 is 0. The van der Waals surface area contributed by atoms with Crippen LogP contribution < -0.4 is 5.32 Å². The van der Waals surface area contributed by atoms with Crippen molar-refractivity contribution in [3.05, 3.63) is 0 Å². The summed E-state index contributed by atoms with van der Waals surface area (Å²) in [6, 6.07) is 0. The third kappa shape index (κ3) is 6.88. The standard InChI is InChI=1S/C18H35NO/c1-3-4-5-6-7-8-10-13-17(20)16-18(19-2)14-11-9-12-15-18/h19H,3-16H2,1-2H3. The van der Waals surface area contributed by atoms with Crippen LogP contribution in [0.1, 0.15) is 96.8 Å². The minimum atomic E-state index is 0.135. The summed E-state index contributed by atoms with van der Waals surface area (Å²) in [5, 5.41) is 3.45. The van der Waals surface area contributed by atoms with Gasteiger partial charge in [0, 0.05) is 18.4 Å². The zero-order valence-corrected chi connectivity index (χ0v) is 13.8. The topological polar surface area (TPSA) is 29.1 Å². The van der Waals surface area contributed by atoms with Gasteiger partial charge in [0.05, 0.1) is 0 Å². The van der Waals surface area contributed by atoms with Crippen LogP contribution in [0, 0.1) is 0 Å². The van der Waals surface area contributed by atoms with Crippen LogP contribution in [0.4, 0.5) is 0 Å². The molecule has 0 saturated heterocycles. The van der Waals surface area contributed by atoms with Crippen LogP contribution in [0.5, 0.6) is 0 Å². The quantitative estimate of drug-likeness (QED) is 0.539. The van der Waals surface area contributed by atoms with E-state index < -0.39 is 0 Å². The minimum Gasteiger partial charge on any atom is -0.314 e. The maximum atomic E-state index is 12.2. The second-order valence-corrected chi connectivity index (χ2v) is 6.68. The Kier molecular flexibility index (Phi) is 9.17. The number of carbonyl (C=O) groups excluding carboxylic acids is 1. The SMILES string of the molecule is CCCCCCCCCC(=O)CC1(NC)CCCCC1. The lowest BCUT2D eigenvalue weighted by Gasteiger charge is -2.36. The molecular weight excluding hydrogens is 246 g/mol. The normalized spacial score (nSPS) is 18.1. The molecule has 1 N–H and O–H groups in total. The first-order valence-electron chi connectivity index (χ1n) is 8.93. The Balaban J connectivity index is 2.10. The van der Waals surface area contributed by atoms with Crippen molar-refractivity contribution in [3.63, 3.8) is 0 Å². The summed E-state index contributed by atoms with van der Waals surface area (Å²) in [5.74, 6) is 0.481. The number of ketones is 1. The fourth-order valence-electron chi connectivity index (χ4n) is 3.49. The van der Waals surface area contributed by atoms with Gasteiger partial charge in [-0.15, -0.1) is 0 Å². The van der Waals surface area contributed by atoms with Gasteiger partial charge in [-0.2, -0.15) is 0 Å². The predicted octanol–water partition coefficient (Wildman–Crippen LogP) is 5.01. The first kappa shape index (κ1) is 17.7. The predicted molar refractivity (Wildman–Crippen MR) is 87.1 cm³/mol. The van der Waals surface area contributed by atoms with E-state index in [9.17, 15) is 4.79 Å². The van der Waals surface area contributed by atoms with Gasteiger partial charge in [-0.25, -0.2) is 0 Å². The van der Waals surface area contributed by atoms with E-state index in [-0.39, 0.29) is 5.54 Å². The molecule has 1 aliphatic carbocycles. The number of unbranched alkanes of at least 4 members (excludes halogenated alkanes) is 6. The molecule has 0 amide bonds. The molecule has 0 unspecified atom stereocenters. The Hall–Kier alpha value is -0.370. The van der Waals surface area contributed by atoms with Crippen LogP contribution in [0.25, 0.3) is 0 Å². The van der Waals surface area contributed by atoms with Gasteiger partial charge in [0.1, 0.15) is 5.78 Å². The van der Waals surface area contributed by atoms with Crippen molar-refractivity contribution in [2.75, 3.05) is 7.05 Å². The molecule has 1 saturated carbocycles. The van der Waals surface area contributed by atoms with E-state index in [0.717, 1.165) is 19.3 Å². The summed E-state index contributed by atoms with van der Waals surface area (Å²) in [7, 11) is 2.03. The Morgan fingerprint density at radius 1 is 0.950 bits per heavy atom. The van der Waals surface area contributed by atoms with Crippen molar-refractivity contribution >= 4 is 5.78 Å². The summed E-state index contributed by atoms with van der Waals surface area (Å²) in [4.78, 5) is 12.2. The summed E-state index contributed by atoms with van der Waals surface area (Å²) >= 11 is 0. The molecule has 2 nitrogen and oxygen atoms in total. The molecule has 1 aliphatic rings. The van der Waals surface area contributed by atoms with Gasteiger partial charge in [0.25, 0.3) is 0 Å². The first-order valence-corrected chi connectivity index (χ1v) is 8.93. The molecule has 0 aromatic carbocycles. The molecule has 0 atom stereocenters. The van der Waals surface area contributed by atoms with Crippen molar-refractivity contribution in [2.24, 2.45) is 0 Å². The monoisotopic (exact) mass is 281 g/mol. The van der Waals surface area contributed by atoms with Crippen molar-refractivity contribution in [1.82, 2.24) is 5.32 Å².